The lowest BCUT2D eigenvalue weighted by atomic mass is 10.1. The van der Waals surface area contributed by atoms with Crippen LogP contribution in [0.25, 0.3) is 6.08 Å². The normalized spacial score (nSPS) is 18.5. The summed E-state index contributed by atoms with van der Waals surface area (Å²) in [4.78, 5) is 16.7. The lowest BCUT2D eigenvalue weighted by molar-refractivity contribution is -0.129. The van der Waals surface area contributed by atoms with Crippen LogP contribution in [-0.4, -0.2) is 21.9 Å². The summed E-state index contributed by atoms with van der Waals surface area (Å²) in [5, 5.41) is 0. The Kier molecular flexibility index (Phi) is 3.49. The third-order valence-electron chi connectivity index (χ3n) is 3.78. The highest BCUT2D eigenvalue weighted by Gasteiger charge is 2.25. The molecule has 2 aromatic rings. The summed E-state index contributed by atoms with van der Waals surface area (Å²) in [5.41, 5.74) is 1.21. The number of thiophene rings is 1. The number of aryl methyl sites for hydroxylation is 1. The second kappa shape index (κ2) is 5.29. The summed E-state index contributed by atoms with van der Waals surface area (Å²) in [5.74, 6) is 0.0935. The van der Waals surface area contributed by atoms with E-state index in [2.05, 4.69) is 42.8 Å². The Balaban J connectivity index is 1.74. The number of aromatic nitrogens is 1. The Bertz CT molecular complexity index is 653. The largest absolute Gasteiger partial charge is 0.348 e. The maximum Gasteiger partial charge on any atom is 0.247 e. The fourth-order valence-corrected chi connectivity index (χ4v) is 3.45. The first-order chi connectivity index (χ1) is 9.65. The molecule has 0 N–H and O–H groups in total. The SMILES string of the molecule is Cc1ccc(C=CC(=O)N2CCn3cccc3C2C)s1. The van der Waals surface area contributed by atoms with E-state index in [1.54, 1.807) is 17.4 Å². The van der Waals surface area contributed by atoms with E-state index in [0.29, 0.717) is 0 Å². The summed E-state index contributed by atoms with van der Waals surface area (Å²) in [7, 11) is 0. The van der Waals surface area contributed by atoms with E-state index >= 15 is 0 Å². The maximum absolute atomic E-state index is 12.4. The molecule has 0 aliphatic carbocycles. The molecular weight excluding hydrogens is 268 g/mol. The van der Waals surface area contributed by atoms with Crippen molar-refractivity contribution in [3.63, 3.8) is 0 Å². The van der Waals surface area contributed by atoms with Crippen molar-refractivity contribution >= 4 is 23.3 Å². The van der Waals surface area contributed by atoms with Gasteiger partial charge in [0, 0.05) is 40.8 Å². The Labute approximate surface area is 123 Å². The Morgan fingerprint density at radius 3 is 2.95 bits per heavy atom. The molecular formula is C16H18N2OS. The molecule has 1 aliphatic rings. The van der Waals surface area contributed by atoms with Gasteiger partial charge >= 0.3 is 0 Å². The molecule has 3 nitrogen and oxygen atoms in total. The molecule has 0 fully saturated rings. The van der Waals surface area contributed by atoms with Crippen molar-refractivity contribution in [2.45, 2.75) is 26.4 Å². The van der Waals surface area contributed by atoms with Crippen LogP contribution in [0.15, 0.2) is 36.5 Å². The Hall–Kier alpha value is -1.81. The van der Waals surface area contributed by atoms with Crippen LogP contribution < -0.4 is 0 Å². The molecule has 104 valence electrons. The van der Waals surface area contributed by atoms with Gasteiger partial charge in [0.2, 0.25) is 5.91 Å². The first-order valence-electron chi connectivity index (χ1n) is 6.85. The molecule has 0 saturated carbocycles. The zero-order valence-corrected chi connectivity index (χ0v) is 12.6. The minimum absolute atomic E-state index is 0.0935. The van der Waals surface area contributed by atoms with E-state index in [0.717, 1.165) is 18.0 Å². The van der Waals surface area contributed by atoms with Gasteiger partial charge in [-0.15, -0.1) is 11.3 Å². The first kappa shape index (κ1) is 13.2. The number of hydrogen-bond acceptors (Lipinski definition) is 2. The zero-order valence-electron chi connectivity index (χ0n) is 11.7. The molecule has 1 unspecified atom stereocenters. The number of nitrogens with zero attached hydrogens (tertiary/aromatic N) is 2. The van der Waals surface area contributed by atoms with Gasteiger partial charge in [0.25, 0.3) is 0 Å². The molecule has 1 amide bonds. The summed E-state index contributed by atoms with van der Waals surface area (Å²) >= 11 is 1.71. The van der Waals surface area contributed by atoms with E-state index in [1.165, 1.54) is 10.6 Å². The minimum atomic E-state index is 0.0935. The van der Waals surface area contributed by atoms with Crippen molar-refractivity contribution in [1.82, 2.24) is 9.47 Å². The second-order valence-electron chi connectivity index (χ2n) is 5.12. The maximum atomic E-state index is 12.4. The van der Waals surface area contributed by atoms with Crippen LogP contribution in [0.1, 0.15) is 28.4 Å². The minimum Gasteiger partial charge on any atom is -0.348 e. The van der Waals surface area contributed by atoms with E-state index in [4.69, 9.17) is 0 Å². The second-order valence-corrected chi connectivity index (χ2v) is 6.44. The molecule has 3 heterocycles. The molecule has 0 aromatic carbocycles. The fourth-order valence-electron chi connectivity index (χ4n) is 2.67. The predicted molar refractivity (Wildman–Crippen MR) is 82.7 cm³/mol. The number of carbonyl (C=O) groups excluding carboxylic acids is 1. The van der Waals surface area contributed by atoms with Crippen LogP contribution in [0.5, 0.6) is 0 Å². The molecule has 0 radical (unpaired) electrons. The predicted octanol–water partition coefficient (Wildman–Crippen LogP) is 3.47. The average molecular weight is 286 g/mol. The first-order valence-corrected chi connectivity index (χ1v) is 7.67. The summed E-state index contributed by atoms with van der Waals surface area (Å²) in [6, 6.07) is 8.40. The molecule has 2 aromatic heterocycles. The van der Waals surface area contributed by atoms with Gasteiger partial charge in [-0.05, 0) is 44.2 Å². The van der Waals surface area contributed by atoms with E-state index in [9.17, 15) is 4.79 Å². The van der Waals surface area contributed by atoms with Gasteiger partial charge in [0.05, 0.1) is 6.04 Å². The number of hydrogen-bond donors (Lipinski definition) is 0. The van der Waals surface area contributed by atoms with Crippen LogP contribution >= 0.6 is 11.3 Å². The van der Waals surface area contributed by atoms with Crippen molar-refractivity contribution in [1.29, 1.82) is 0 Å². The number of amides is 1. The van der Waals surface area contributed by atoms with Crippen molar-refractivity contribution in [2.24, 2.45) is 0 Å². The van der Waals surface area contributed by atoms with E-state index in [-0.39, 0.29) is 11.9 Å². The van der Waals surface area contributed by atoms with Gasteiger partial charge in [-0.2, -0.15) is 0 Å². The number of carbonyl (C=O) groups is 1. The lowest BCUT2D eigenvalue weighted by Gasteiger charge is -2.34. The molecule has 3 rings (SSSR count). The smallest absolute Gasteiger partial charge is 0.247 e. The van der Waals surface area contributed by atoms with Crippen molar-refractivity contribution in [3.8, 4) is 0 Å². The monoisotopic (exact) mass is 286 g/mol. The Morgan fingerprint density at radius 1 is 1.35 bits per heavy atom. The average Bonchev–Trinajstić information content (AvgIpc) is 3.05. The highest BCUT2D eigenvalue weighted by Crippen LogP contribution is 2.25. The van der Waals surface area contributed by atoms with Gasteiger partial charge in [-0.1, -0.05) is 0 Å². The number of rotatable bonds is 2. The van der Waals surface area contributed by atoms with Gasteiger partial charge < -0.3 is 9.47 Å². The van der Waals surface area contributed by atoms with E-state index in [1.807, 2.05) is 17.0 Å². The third-order valence-corrected chi connectivity index (χ3v) is 4.74. The van der Waals surface area contributed by atoms with Gasteiger partial charge in [0.1, 0.15) is 0 Å². The summed E-state index contributed by atoms with van der Waals surface area (Å²) < 4.78 is 2.22. The molecule has 0 spiro atoms. The van der Waals surface area contributed by atoms with Crippen LogP contribution in [0.3, 0.4) is 0 Å². The van der Waals surface area contributed by atoms with Crippen molar-refractivity contribution in [3.05, 3.63) is 52.0 Å². The lowest BCUT2D eigenvalue weighted by Crippen LogP contribution is -2.39. The quantitative estimate of drug-likeness (QED) is 0.776. The zero-order chi connectivity index (χ0) is 14.1. The van der Waals surface area contributed by atoms with Crippen LogP contribution in [0.4, 0.5) is 0 Å². The molecule has 0 saturated heterocycles. The third kappa shape index (κ3) is 2.43. The highest BCUT2D eigenvalue weighted by atomic mass is 32.1. The fraction of sp³-hybridized carbons (Fsp3) is 0.312. The molecule has 1 atom stereocenters. The van der Waals surface area contributed by atoms with Crippen LogP contribution in [-0.2, 0) is 11.3 Å². The van der Waals surface area contributed by atoms with E-state index < -0.39 is 0 Å². The molecule has 0 bridgehead atoms. The van der Waals surface area contributed by atoms with Crippen molar-refractivity contribution in [2.75, 3.05) is 6.54 Å². The number of fused-ring (bicyclic) bond motifs is 1. The molecule has 20 heavy (non-hydrogen) atoms. The van der Waals surface area contributed by atoms with Gasteiger partial charge in [-0.25, -0.2) is 0 Å². The van der Waals surface area contributed by atoms with Gasteiger partial charge in [0.15, 0.2) is 0 Å². The Morgan fingerprint density at radius 2 is 2.20 bits per heavy atom. The van der Waals surface area contributed by atoms with Crippen LogP contribution in [0.2, 0.25) is 0 Å². The summed E-state index contributed by atoms with van der Waals surface area (Å²) in [6.07, 6.45) is 5.69. The highest BCUT2D eigenvalue weighted by molar-refractivity contribution is 7.12. The topological polar surface area (TPSA) is 25.2 Å². The van der Waals surface area contributed by atoms with Crippen molar-refractivity contribution < 1.29 is 4.79 Å². The molecule has 4 heteroatoms. The molecule has 1 aliphatic heterocycles. The standard InChI is InChI=1S/C16H18N2OS/c1-12-5-6-14(20-12)7-8-16(19)18-11-10-17-9-3-4-15(17)13(18)2/h3-9,13H,10-11H2,1-2H3. The summed E-state index contributed by atoms with van der Waals surface area (Å²) in [6.45, 7) is 5.82. The van der Waals surface area contributed by atoms with Crippen LogP contribution in [0, 0.1) is 6.92 Å². The van der Waals surface area contributed by atoms with Gasteiger partial charge in [-0.3, -0.25) is 4.79 Å².